The number of rotatable bonds is 4. The Bertz CT molecular complexity index is 482. The quantitative estimate of drug-likeness (QED) is 0.827. The molecular formula is C13H15FN2O. The molecule has 1 heterocycles. The van der Waals surface area contributed by atoms with Gasteiger partial charge < -0.3 is 10.2 Å². The third-order valence-corrected chi connectivity index (χ3v) is 2.55. The zero-order chi connectivity index (χ0) is 12.3. The first-order valence-corrected chi connectivity index (χ1v) is 5.40. The predicted molar refractivity (Wildman–Crippen MR) is 64.7 cm³/mol. The van der Waals surface area contributed by atoms with Crippen LogP contribution in [0.4, 0.5) is 10.1 Å². The van der Waals surface area contributed by atoms with Gasteiger partial charge >= 0.3 is 0 Å². The molecule has 0 aliphatic rings. The minimum Gasteiger partial charge on any atom is -0.468 e. The Morgan fingerprint density at radius 2 is 2.06 bits per heavy atom. The first kappa shape index (κ1) is 11.7. The first-order valence-electron chi connectivity index (χ1n) is 5.40. The largest absolute Gasteiger partial charge is 0.468 e. The van der Waals surface area contributed by atoms with E-state index in [1.807, 2.05) is 24.1 Å². The van der Waals surface area contributed by atoms with Crippen LogP contribution in [-0.2, 0) is 13.1 Å². The number of hydrogen-bond acceptors (Lipinski definition) is 3. The Morgan fingerprint density at radius 1 is 1.24 bits per heavy atom. The molecule has 3 nitrogen and oxygen atoms in total. The summed E-state index contributed by atoms with van der Waals surface area (Å²) in [5.74, 6) is 0.524. The van der Waals surface area contributed by atoms with E-state index < -0.39 is 0 Å². The summed E-state index contributed by atoms with van der Waals surface area (Å²) in [5, 5.41) is 0. The number of nitrogens with two attached hydrogens (primary N) is 1. The molecule has 1 aromatic carbocycles. The Morgan fingerprint density at radius 3 is 2.76 bits per heavy atom. The Labute approximate surface area is 99.6 Å². The molecule has 0 saturated heterocycles. The zero-order valence-corrected chi connectivity index (χ0v) is 9.69. The smallest absolute Gasteiger partial charge is 0.150 e. The first-order chi connectivity index (χ1) is 8.16. The van der Waals surface area contributed by atoms with Crippen molar-refractivity contribution in [2.75, 3.05) is 12.8 Å². The molecule has 1 aromatic heterocycles. The van der Waals surface area contributed by atoms with Gasteiger partial charge in [0.1, 0.15) is 5.76 Å². The molecule has 0 aliphatic heterocycles. The summed E-state index contributed by atoms with van der Waals surface area (Å²) in [5.41, 5.74) is 6.31. The van der Waals surface area contributed by atoms with Crippen molar-refractivity contribution >= 4 is 5.69 Å². The van der Waals surface area contributed by atoms with Crippen LogP contribution >= 0.6 is 0 Å². The summed E-state index contributed by atoms with van der Waals surface area (Å²) < 4.78 is 18.9. The van der Waals surface area contributed by atoms with Crippen molar-refractivity contribution < 1.29 is 8.81 Å². The third-order valence-electron chi connectivity index (χ3n) is 2.55. The number of nitrogens with zero attached hydrogens (tertiary/aromatic N) is 1. The summed E-state index contributed by atoms with van der Waals surface area (Å²) in [6.45, 7) is 1.14. The molecule has 0 saturated carbocycles. The molecule has 0 aliphatic carbocycles. The van der Waals surface area contributed by atoms with E-state index in [1.54, 1.807) is 24.5 Å². The topological polar surface area (TPSA) is 42.4 Å². The van der Waals surface area contributed by atoms with Crippen LogP contribution in [0.2, 0.25) is 0 Å². The summed E-state index contributed by atoms with van der Waals surface area (Å²) in [7, 11) is 1.91. The van der Waals surface area contributed by atoms with Crippen LogP contribution in [0, 0.1) is 5.82 Å². The van der Waals surface area contributed by atoms with Gasteiger partial charge in [0.15, 0.2) is 5.82 Å². The summed E-state index contributed by atoms with van der Waals surface area (Å²) in [6.07, 6.45) is 1.63. The molecule has 4 heteroatoms. The van der Waals surface area contributed by atoms with Crippen LogP contribution in [0.25, 0.3) is 0 Å². The van der Waals surface area contributed by atoms with Gasteiger partial charge in [-0.25, -0.2) is 4.39 Å². The van der Waals surface area contributed by atoms with Gasteiger partial charge in [-0.15, -0.1) is 0 Å². The van der Waals surface area contributed by atoms with E-state index in [0.29, 0.717) is 18.7 Å². The molecular weight excluding hydrogens is 219 g/mol. The highest BCUT2D eigenvalue weighted by molar-refractivity contribution is 5.42. The van der Waals surface area contributed by atoms with Gasteiger partial charge in [-0.05, 0) is 25.2 Å². The Balaban J connectivity index is 2.03. The predicted octanol–water partition coefficient (Wildman–Crippen LogP) is 2.63. The van der Waals surface area contributed by atoms with Crippen LogP contribution in [-0.4, -0.2) is 11.9 Å². The second-order valence-corrected chi connectivity index (χ2v) is 4.07. The van der Waals surface area contributed by atoms with Crippen LogP contribution in [0.5, 0.6) is 0 Å². The molecule has 2 aromatic rings. The lowest BCUT2D eigenvalue weighted by Gasteiger charge is -2.16. The average molecular weight is 234 g/mol. The lowest BCUT2D eigenvalue weighted by molar-refractivity contribution is 0.284. The molecule has 0 atom stereocenters. The number of nitrogen functional groups attached to an aromatic ring is 1. The highest BCUT2D eigenvalue weighted by atomic mass is 19.1. The number of furan rings is 1. The average Bonchev–Trinajstić information content (AvgIpc) is 2.77. The highest BCUT2D eigenvalue weighted by Crippen LogP contribution is 2.16. The maximum Gasteiger partial charge on any atom is 0.150 e. The maximum atomic E-state index is 13.7. The molecule has 2 rings (SSSR count). The molecule has 0 fully saturated rings. The van der Waals surface area contributed by atoms with Gasteiger partial charge in [0.05, 0.1) is 18.5 Å². The Kier molecular flexibility index (Phi) is 3.44. The van der Waals surface area contributed by atoms with Crippen molar-refractivity contribution in [3.63, 3.8) is 0 Å². The molecule has 0 radical (unpaired) electrons. The van der Waals surface area contributed by atoms with Crippen molar-refractivity contribution in [1.29, 1.82) is 0 Å². The maximum absolute atomic E-state index is 13.7. The van der Waals surface area contributed by atoms with Gasteiger partial charge in [0.2, 0.25) is 0 Å². The number of anilines is 1. The van der Waals surface area contributed by atoms with Crippen LogP contribution in [0.15, 0.2) is 41.0 Å². The summed E-state index contributed by atoms with van der Waals surface area (Å²) in [6, 6.07) is 8.79. The van der Waals surface area contributed by atoms with E-state index >= 15 is 0 Å². The van der Waals surface area contributed by atoms with Gasteiger partial charge in [-0.1, -0.05) is 12.1 Å². The minimum atomic E-state index is -0.334. The minimum absolute atomic E-state index is 0.189. The summed E-state index contributed by atoms with van der Waals surface area (Å²) >= 11 is 0. The van der Waals surface area contributed by atoms with Gasteiger partial charge in [0.25, 0.3) is 0 Å². The van der Waals surface area contributed by atoms with Crippen molar-refractivity contribution in [3.05, 3.63) is 53.7 Å². The zero-order valence-electron chi connectivity index (χ0n) is 9.69. The monoisotopic (exact) mass is 234 g/mol. The molecule has 2 N–H and O–H groups in total. The van der Waals surface area contributed by atoms with Gasteiger partial charge in [0, 0.05) is 12.1 Å². The molecule has 0 bridgehead atoms. The lowest BCUT2D eigenvalue weighted by Crippen LogP contribution is -2.18. The second-order valence-electron chi connectivity index (χ2n) is 4.07. The SMILES string of the molecule is CN(Cc1ccco1)Cc1cccc(N)c1F. The van der Waals surface area contributed by atoms with E-state index in [4.69, 9.17) is 10.2 Å². The van der Waals surface area contributed by atoms with Crippen molar-refractivity contribution in [2.45, 2.75) is 13.1 Å². The molecule has 90 valence electrons. The van der Waals surface area contributed by atoms with Crippen molar-refractivity contribution in [1.82, 2.24) is 4.90 Å². The lowest BCUT2D eigenvalue weighted by atomic mass is 10.1. The van der Waals surface area contributed by atoms with Crippen molar-refractivity contribution in [2.24, 2.45) is 0 Å². The fourth-order valence-corrected chi connectivity index (χ4v) is 1.74. The molecule has 0 amide bonds. The van der Waals surface area contributed by atoms with E-state index in [-0.39, 0.29) is 11.5 Å². The molecule has 17 heavy (non-hydrogen) atoms. The third kappa shape index (κ3) is 2.85. The number of halogens is 1. The summed E-state index contributed by atoms with van der Waals surface area (Å²) in [4.78, 5) is 1.97. The van der Waals surface area contributed by atoms with Crippen LogP contribution < -0.4 is 5.73 Å². The second kappa shape index (κ2) is 5.01. The van der Waals surface area contributed by atoms with Gasteiger partial charge in [-0.3, -0.25) is 4.90 Å². The van der Waals surface area contributed by atoms with Gasteiger partial charge in [-0.2, -0.15) is 0 Å². The molecule has 0 spiro atoms. The van der Waals surface area contributed by atoms with Crippen molar-refractivity contribution in [3.8, 4) is 0 Å². The fourth-order valence-electron chi connectivity index (χ4n) is 1.74. The highest BCUT2D eigenvalue weighted by Gasteiger charge is 2.09. The van der Waals surface area contributed by atoms with Crippen LogP contribution in [0.3, 0.4) is 0 Å². The van der Waals surface area contributed by atoms with E-state index in [1.165, 1.54) is 0 Å². The number of benzene rings is 1. The van der Waals surface area contributed by atoms with E-state index in [9.17, 15) is 4.39 Å². The van der Waals surface area contributed by atoms with E-state index in [0.717, 1.165) is 5.76 Å². The Hall–Kier alpha value is -1.81. The normalized spacial score (nSPS) is 11.0. The standard InChI is InChI=1S/C13H15FN2O/c1-16(9-11-5-3-7-17-11)8-10-4-2-6-12(15)13(10)14/h2-7H,8-9,15H2,1H3. The van der Waals surface area contributed by atoms with Crippen LogP contribution in [0.1, 0.15) is 11.3 Å². The van der Waals surface area contributed by atoms with E-state index in [2.05, 4.69) is 0 Å². The number of hydrogen-bond donors (Lipinski definition) is 1. The fraction of sp³-hybridized carbons (Fsp3) is 0.231. The molecule has 0 unspecified atom stereocenters.